The Labute approximate surface area is 160 Å². The number of nitrogens with zero attached hydrogens (tertiary/aromatic N) is 1. The van der Waals surface area contributed by atoms with E-state index < -0.39 is 18.1 Å². The van der Waals surface area contributed by atoms with Crippen LogP contribution in [0.4, 0.5) is 0 Å². The normalized spacial score (nSPS) is 21.2. The van der Waals surface area contributed by atoms with Crippen molar-refractivity contribution in [2.24, 2.45) is 11.8 Å². The van der Waals surface area contributed by atoms with E-state index in [1.54, 1.807) is 12.1 Å². The molecule has 2 aromatic rings. The van der Waals surface area contributed by atoms with Crippen LogP contribution in [0.25, 0.3) is 11.0 Å². The zero-order chi connectivity index (χ0) is 19.8. The first kappa shape index (κ1) is 18.2. The second-order valence-electron chi connectivity index (χ2n) is 7.17. The van der Waals surface area contributed by atoms with Crippen LogP contribution in [-0.2, 0) is 25.7 Å². The predicted molar refractivity (Wildman–Crippen MR) is 99.1 cm³/mol. The lowest BCUT2D eigenvalue weighted by Crippen LogP contribution is -2.36. The van der Waals surface area contributed by atoms with Crippen molar-refractivity contribution in [3.8, 4) is 0 Å². The third-order valence-corrected chi connectivity index (χ3v) is 5.26. The van der Waals surface area contributed by atoms with Crippen LogP contribution >= 0.6 is 0 Å². The van der Waals surface area contributed by atoms with Gasteiger partial charge in [0.15, 0.2) is 0 Å². The zero-order valence-electron chi connectivity index (χ0n) is 15.3. The van der Waals surface area contributed by atoms with Gasteiger partial charge in [-0.1, -0.05) is 24.3 Å². The third kappa shape index (κ3) is 3.24. The molecule has 7 heteroatoms. The Morgan fingerprint density at radius 3 is 2.46 bits per heavy atom. The molecular formula is C21H19NO6. The lowest BCUT2D eigenvalue weighted by atomic mass is 9.85. The minimum Gasteiger partial charge on any atom is -0.459 e. The Bertz CT molecular complexity index is 1040. The highest BCUT2D eigenvalue weighted by molar-refractivity contribution is 6.07. The summed E-state index contributed by atoms with van der Waals surface area (Å²) < 4.78 is 10.4. The molecule has 1 fully saturated rings. The molecular weight excluding hydrogens is 362 g/mol. The molecule has 0 saturated carbocycles. The van der Waals surface area contributed by atoms with Gasteiger partial charge in [-0.05, 0) is 31.4 Å². The molecule has 1 aromatic carbocycles. The maximum absolute atomic E-state index is 12.4. The fourth-order valence-corrected chi connectivity index (χ4v) is 3.81. The van der Waals surface area contributed by atoms with Gasteiger partial charge >= 0.3 is 11.6 Å². The van der Waals surface area contributed by atoms with E-state index in [1.165, 1.54) is 6.07 Å². The van der Waals surface area contributed by atoms with Gasteiger partial charge in [0.1, 0.15) is 18.7 Å². The number of hydrogen-bond acceptors (Lipinski definition) is 6. The van der Waals surface area contributed by atoms with Gasteiger partial charge in [0.25, 0.3) is 0 Å². The van der Waals surface area contributed by atoms with E-state index in [0.29, 0.717) is 29.4 Å². The van der Waals surface area contributed by atoms with Gasteiger partial charge in [-0.2, -0.15) is 0 Å². The van der Waals surface area contributed by atoms with Gasteiger partial charge < -0.3 is 9.15 Å². The van der Waals surface area contributed by atoms with Crippen LogP contribution in [0.1, 0.15) is 24.0 Å². The summed E-state index contributed by atoms with van der Waals surface area (Å²) in [7, 11) is 0. The van der Waals surface area contributed by atoms with E-state index in [-0.39, 0.29) is 30.3 Å². The molecule has 0 spiro atoms. The smallest absolute Gasteiger partial charge is 0.336 e. The Kier molecular flexibility index (Phi) is 4.58. The first-order valence-electron chi connectivity index (χ1n) is 9.13. The number of likely N-dealkylation sites (tertiary alicyclic amines) is 1. The molecule has 4 rings (SSSR count). The standard InChI is InChI=1S/C21H19NO6/c1-12-6-7-14-13(9-18(23)28-17(14)8-12)11-27-19(24)10-22-20(25)15-4-2-3-5-16(15)21(22)26/h2-3,6-9,15-16H,4-5,10-11H2,1H3/t15-,16-/m1/s1. The lowest BCUT2D eigenvalue weighted by molar-refractivity contribution is -0.153. The maximum atomic E-state index is 12.4. The number of imide groups is 1. The van der Waals surface area contributed by atoms with E-state index in [4.69, 9.17) is 9.15 Å². The van der Waals surface area contributed by atoms with E-state index in [0.717, 1.165) is 10.5 Å². The molecule has 2 atom stereocenters. The van der Waals surface area contributed by atoms with Crippen LogP contribution in [0, 0.1) is 18.8 Å². The first-order chi connectivity index (χ1) is 13.4. The zero-order valence-corrected chi connectivity index (χ0v) is 15.3. The number of rotatable bonds is 4. The van der Waals surface area contributed by atoms with Crippen LogP contribution in [0.5, 0.6) is 0 Å². The number of carbonyl (C=O) groups is 3. The van der Waals surface area contributed by atoms with Gasteiger partial charge in [0.05, 0.1) is 11.8 Å². The Balaban J connectivity index is 1.46. The fourth-order valence-electron chi connectivity index (χ4n) is 3.81. The largest absolute Gasteiger partial charge is 0.459 e. The third-order valence-electron chi connectivity index (χ3n) is 5.26. The molecule has 144 valence electrons. The molecule has 2 heterocycles. The van der Waals surface area contributed by atoms with Crippen LogP contribution in [0.2, 0.25) is 0 Å². The summed E-state index contributed by atoms with van der Waals surface area (Å²) >= 11 is 0. The van der Waals surface area contributed by atoms with E-state index >= 15 is 0 Å². The topological polar surface area (TPSA) is 93.9 Å². The van der Waals surface area contributed by atoms with E-state index in [9.17, 15) is 19.2 Å². The summed E-state index contributed by atoms with van der Waals surface area (Å²) in [6.45, 7) is 1.32. The van der Waals surface area contributed by atoms with E-state index in [1.807, 2.05) is 25.1 Å². The second kappa shape index (κ2) is 7.07. The van der Waals surface area contributed by atoms with Gasteiger partial charge in [-0.3, -0.25) is 19.3 Å². The van der Waals surface area contributed by atoms with Crippen molar-refractivity contribution in [3.05, 3.63) is 58.0 Å². The number of fused-ring (bicyclic) bond motifs is 2. The molecule has 1 aliphatic heterocycles. The van der Waals surface area contributed by atoms with Crippen molar-refractivity contribution in [1.82, 2.24) is 4.90 Å². The highest BCUT2D eigenvalue weighted by Crippen LogP contribution is 2.34. The monoisotopic (exact) mass is 381 g/mol. The van der Waals surface area contributed by atoms with E-state index in [2.05, 4.69) is 0 Å². The summed E-state index contributed by atoms with van der Waals surface area (Å²) in [6, 6.07) is 6.67. The summed E-state index contributed by atoms with van der Waals surface area (Å²) in [5.74, 6) is -2.09. The number of amides is 2. The number of esters is 1. The van der Waals surface area contributed by atoms with Crippen molar-refractivity contribution >= 4 is 28.8 Å². The SMILES string of the molecule is Cc1ccc2c(COC(=O)CN3C(=O)[C@@H]4CC=CC[C@H]4C3=O)cc(=O)oc2c1. The summed E-state index contributed by atoms with van der Waals surface area (Å²) in [5.41, 5.74) is 1.33. The van der Waals surface area contributed by atoms with Gasteiger partial charge in [0.2, 0.25) is 11.8 Å². The second-order valence-corrected chi connectivity index (χ2v) is 7.17. The minimum atomic E-state index is -0.693. The molecule has 0 N–H and O–H groups in total. The number of ether oxygens (including phenoxy) is 1. The molecule has 1 aliphatic carbocycles. The number of aryl methyl sites for hydroxylation is 1. The highest BCUT2D eigenvalue weighted by Gasteiger charge is 2.47. The van der Waals surface area contributed by atoms with Gasteiger partial charge in [0, 0.05) is 17.0 Å². The van der Waals surface area contributed by atoms with Crippen LogP contribution in [0.15, 0.2) is 45.6 Å². The van der Waals surface area contributed by atoms with Crippen LogP contribution < -0.4 is 5.63 Å². The lowest BCUT2D eigenvalue weighted by Gasteiger charge is -2.14. The molecule has 1 aromatic heterocycles. The van der Waals surface area contributed by atoms with Crippen molar-refractivity contribution in [3.63, 3.8) is 0 Å². The summed E-state index contributed by atoms with van der Waals surface area (Å²) in [6.07, 6.45) is 4.82. The first-order valence-corrected chi connectivity index (χ1v) is 9.13. The van der Waals surface area contributed by atoms with Gasteiger partial charge in [-0.15, -0.1) is 0 Å². The Hall–Kier alpha value is -3.22. The number of hydrogen-bond donors (Lipinski definition) is 0. The Morgan fingerprint density at radius 1 is 1.11 bits per heavy atom. The maximum Gasteiger partial charge on any atom is 0.336 e. The van der Waals surface area contributed by atoms with Crippen molar-refractivity contribution in [2.75, 3.05) is 6.54 Å². The Morgan fingerprint density at radius 2 is 1.79 bits per heavy atom. The predicted octanol–water partition coefficient (Wildman–Crippen LogP) is 2.10. The average Bonchev–Trinajstić information content (AvgIpc) is 2.91. The van der Waals surface area contributed by atoms with Crippen molar-refractivity contribution < 1.29 is 23.5 Å². The van der Waals surface area contributed by atoms with Crippen molar-refractivity contribution in [1.29, 1.82) is 0 Å². The summed E-state index contributed by atoms with van der Waals surface area (Å²) in [4.78, 5) is 49.9. The summed E-state index contributed by atoms with van der Waals surface area (Å²) in [5, 5.41) is 0.670. The number of benzene rings is 1. The average molecular weight is 381 g/mol. The van der Waals surface area contributed by atoms with Crippen LogP contribution in [0.3, 0.4) is 0 Å². The van der Waals surface area contributed by atoms with Gasteiger partial charge in [-0.25, -0.2) is 4.79 Å². The molecule has 28 heavy (non-hydrogen) atoms. The fraction of sp³-hybridized carbons (Fsp3) is 0.333. The molecule has 2 amide bonds. The molecule has 1 saturated heterocycles. The number of allylic oxidation sites excluding steroid dienone is 2. The van der Waals surface area contributed by atoms with Crippen LogP contribution in [-0.4, -0.2) is 29.2 Å². The molecule has 2 aliphatic rings. The highest BCUT2D eigenvalue weighted by atomic mass is 16.5. The molecule has 0 radical (unpaired) electrons. The quantitative estimate of drug-likeness (QED) is 0.348. The van der Waals surface area contributed by atoms with Crippen molar-refractivity contribution in [2.45, 2.75) is 26.4 Å². The molecule has 7 nitrogen and oxygen atoms in total. The molecule has 0 bridgehead atoms. The number of carbonyl (C=O) groups excluding carboxylic acids is 3. The molecule has 0 unspecified atom stereocenters. The minimum absolute atomic E-state index is 0.144.